The predicted octanol–water partition coefficient (Wildman–Crippen LogP) is 3.09. The van der Waals surface area contributed by atoms with Gasteiger partial charge in [0.15, 0.2) is 5.82 Å². The molecule has 0 unspecified atom stereocenters. The molecule has 0 aliphatic carbocycles. The van der Waals surface area contributed by atoms with E-state index in [4.69, 9.17) is 48.6 Å². The molecule has 0 saturated carbocycles. The van der Waals surface area contributed by atoms with Gasteiger partial charge < -0.3 is 58.4 Å². The summed E-state index contributed by atoms with van der Waals surface area (Å²) in [5.41, 5.74) is 9.06. The van der Waals surface area contributed by atoms with Crippen molar-refractivity contribution < 1.29 is 47.5 Å². The first-order chi connectivity index (χ1) is 29.5. The molecule has 0 radical (unpaired) electrons. The highest BCUT2D eigenvalue weighted by Crippen LogP contribution is 2.29. The van der Waals surface area contributed by atoms with Gasteiger partial charge in [0.05, 0.1) is 110 Å². The number of carbonyl (C=O) groups is 2. The van der Waals surface area contributed by atoms with Crippen LogP contribution in [-0.2, 0) is 60.4 Å². The number of hydrogen-bond acceptors (Lipinski definition) is 14. The minimum Gasteiger partial charge on any atom is -0.382 e. The second-order valence-electron chi connectivity index (χ2n) is 14.5. The summed E-state index contributed by atoms with van der Waals surface area (Å²) in [7, 11) is 0. The highest BCUT2D eigenvalue weighted by atomic mass is 16.6. The first-order valence-corrected chi connectivity index (χ1v) is 21.9. The van der Waals surface area contributed by atoms with Crippen molar-refractivity contribution in [2.45, 2.75) is 58.9 Å². The number of imidazole rings is 1. The van der Waals surface area contributed by atoms with Crippen LogP contribution < -0.4 is 11.1 Å². The molecule has 0 spiro atoms. The van der Waals surface area contributed by atoms with Crippen LogP contribution >= 0.6 is 0 Å². The molecule has 3 aromatic rings. The molecule has 3 heterocycles. The Bertz CT molecular complexity index is 1620. The summed E-state index contributed by atoms with van der Waals surface area (Å²) in [5.74, 6) is 1.36. The third-order valence-corrected chi connectivity index (χ3v) is 9.90. The number of nitrogen functional groups attached to an aromatic ring is 1. The van der Waals surface area contributed by atoms with E-state index >= 15 is 0 Å². The molecule has 2 amide bonds. The number of piperazine rings is 1. The number of aromatic nitrogens is 3. The fourth-order valence-corrected chi connectivity index (χ4v) is 6.65. The Morgan fingerprint density at radius 3 is 1.73 bits per heavy atom. The molecule has 3 N–H and O–H groups in total. The summed E-state index contributed by atoms with van der Waals surface area (Å²) in [5, 5.41) is 3.89. The zero-order valence-electron chi connectivity index (χ0n) is 36.2. The molecule has 4 rings (SSSR count). The molecule has 2 aromatic heterocycles. The van der Waals surface area contributed by atoms with Gasteiger partial charge in [0.25, 0.3) is 0 Å². The molecular weight excluding hydrogens is 775 g/mol. The van der Waals surface area contributed by atoms with Crippen LogP contribution in [0.25, 0.3) is 21.9 Å². The molecule has 60 heavy (non-hydrogen) atoms. The maximum atomic E-state index is 12.9. The van der Waals surface area contributed by atoms with Crippen molar-refractivity contribution in [2.24, 2.45) is 0 Å². The molecule has 1 saturated heterocycles. The molecule has 338 valence electrons. The van der Waals surface area contributed by atoms with Crippen LogP contribution in [0.5, 0.6) is 0 Å². The van der Waals surface area contributed by atoms with E-state index in [1.165, 1.54) is 0 Å². The summed E-state index contributed by atoms with van der Waals surface area (Å²) in [6.07, 6.45) is 4.39. The van der Waals surface area contributed by atoms with Crippen molar-refractivity contribution in [3.63, 3.8) is 0 Å². The number of hydrogen-bond donors (Lipinski definition) is 2. The molecule has 0 bridgehead atoms. The SMILES string of the molecule is CCCCc1nc2c(N)nc3ccccc3c2n1CCN1CCN(C(=O)CCC(=O)NCCOCCOCCOCCOCCOCCOCCOCCOCCC)CC1. The Morgan fingerprint density at radius 1 is 0.650 bits per heavy atom. The highest BCUT2D eigenvalue weighted by molar-refractivity contribution is 6.06. The van der Waals surface area contributed by atoms with Crippen LogP contribution in [0.4, 0.5) is 5.82 Å². The summed E-state index contributed by atoms with van der Waals surface area (Å²) in [6.45, 7) is 17.3. The number of benzene rings is 1. The number of nitrogens with zero attached hydrogens (tertiary/aromatic N) is 5. The van der Waals surface area contributed by atoms with Crippen LogP contribution in [0.15, 0.2) is 24.3 Å². The number of nitrogens with one attached hydrogen (secondary N) is 1. The number of amides is 2. The normalized spacial score (nSPS) is 13.5. The van der Waals surface area contributed by atoms with Crippen molar-refractivity contribution >= 4 is 39.6 Å². The van der Waals surface area contributed by atoms with Crippen molar-refractivity contribution in [3.05, 3.63) is 30.1 Å². The van der Waals surface area contributed by atoms with Gasteiger partial charge in [-0.25, -0.2) is 9.97 Å². The first kappa shape index (κ1) is 49.1. The average Bonchev–Trinajstić information content (AvgIpc) is 3.64. The molecule has 1 fully saturated rings. The van der Waals surface area contributed by atoms with Crippen LogP contribution in [0.2, 0.25) is 0 Å². The maximum Gasteiger partial charge on any atom is 0.223 e. The summed E-state index contributed by atoms with van der Waals surface area (Å²) in [4.78, 5) is 39.1. The van der Waals surface area contributed by atoms with Crippen molar-refractivity contribution in [1.29, 1.82) is 0 Å². The van der Waals surface area contributed by atoms with E-state index < -0.39 is 0 Å². The van der Waals surface area contributed by atoms with Crippen LogP contribution in [0, 0.1) is 0 Å². The Labute approximate surface area is 355 Å². The predicted molar refractivity (Wildman–Crippen MR) is 230 cm³/mol. The topological polar surface area (TPSA) is 183 Å². The fraction of sp³-hybridized carbons (Fsp3) is 0.721. The minimum atomic E-state index is -0.156. The van der Waals surface area contributed by atoms with Gasteiger partial charge in [-0.3, -0.25) is 14.5 Å². The van der Waals surface area contributed by atoms with Crippen molar-refractivity contribution in [1.82, 2.24) is 29.7 Å². The van der Waals surface area contributed by atoms with E-state index in [1.54, 1.807) is 0 Å². The Hall–Kier alpha value is -3.52. The highest BCUT2D eigenvalue weighted by Gasteiger charge is 2.23. The molecule has 17 nitrogen and oxygen atoms in total. The Morgan fingerprint density at radius 2 is 1.18 bits per heavy atom. The van der Waals surface area contributed by atoms with Crippen LogP contribution in [0.1, 0.15) is 51.8 Å². The number of aryl methyl sites for hydroxylation is 1. The lowest BCUT2D eigenvalue weighted by Gasteiger charge is -2.35. The number of fused-ring (bicyclic) bond motifs is 3. The molecule has 1 aliphatic heterocycles. The number of carbonyl (C=O) groups excluding carboxylic acids is 2. The number of para-hydroxylation sites is 1. The van der Waals surface area contributed by atoms with E-state index in [-0.39, 0.29) is 24.7 Å². The summed E-state index contributed by atoms with van der Waals surface area (Å²) in [6, 6.07) is 8.08. The minimum absolute atomic E-state index is 0.0105. The molecule has 1 aliphatic rings. The number of rotatable bonds is 35. The number of anilines is 1. The molecule has 1 aromatic carbocycles. The lowest BCUT2D eigenvalue weighted by Crippen LogP contribution is -2.49. The van der Waals surface area contributed by atoms with E-state index in [9.17, 15) is 9.59 Å². The van der Waals surface area contributed by atoms with Gasteiger partial charge in [-0.2, -0.15) is 0 Å². The maximum absolute atomic E-state index is 12.9. The van der Waals surface area contributed by atoms with Gasteiger partial charge in [-0.05, 0) is 18.9 Å². The lowest BCUT2D eigenvalue weighted by molar-refractivity contribution is -0.135. The van der Waals surface area contributed by atoms with E-state index in [0.29, 0.717) is 125 Å². The summed E-state index contributed by atoms with van der Waals surface area (Å²) >= 11 is 0. The van der Waals surface area contributed by atoms with Gasteiger partial charge in [0.2, 0.25) is 11.8 Å². The third-order valence-electron chi connectivity index (χ3n) is 9.90. The standard InChI is InChI=1S/C43H71N7O10/c1-3-5-10-38-47-41-42(36-8-6-7-9-37(36)46-43(41)44)50(38)19-16-48-14-17-49(18-15-48)40(52)12-11-39(51)45-13-21-54-23-25-56-27-29-58-31-33-60-35-34-59-32-30-57-28-26-55-24-22-53-20-4-2/h6-9H,3-5,10-35H2,1-2H3,(H2,44,46)(H,45,51). The van der Waals surface area contributed by atoms with Crippen molar-refractivity contribution in [2.75, 3.05) is 151 Å². The molecule has 0 atom stereocenters. The first-order valence-electron chi connectivity index (χ1n) is 21.9. The quantitative estimate of drug-likeness (QED) is 0.0824. The molecular formula is C43H71N7O10. The number of pyridine rings is 1. The van der Waals surface area contributed by atoms with E-state index in [0.717, 1.165) is 86.2 Å². The fourth-order valence-electron chi connectivity index (χ4n) is 6.65. The van der Waals surface area contributed by atoms with E-state index in [2.05, 4.69) is 39.7 Å². The third kappa shape index (κ3) is 18.6. The smallest absolute Gasteiger partial charge is 0.223 e. The monoisotopic (exact) mass is 846 g/mol. The van der Waals surface area contributed by atoms with Crippen LogP contribution in [-0.4, -0.2) is 181 Å². The van der Waals surface area contributed by atoms with Gasteiger partial charge in [-0.1, -0.05) is 38.5 Å². The molecule has 17 heteroatoms. The second-order valence-corrected chi connectivity index (χ2v) is 14.5. The van der Waals surface area contributed by atoms with Crippen LogP contribution in [0.3, 0.4) is 0 Å². The zero-order valence-corrected chi connectivity index (χ0v) is 36.2. The second kappa shape index (κ2) is 30.5. The number of nitrogens with two attached hydrogens (primary N) is 1. The number of unbranched alkanes of at least 4 members (excludes halogenated alkanes) is 1. The Balaban J connectivity index is 0.926. The largest absolute Gasteiger partial charge is 0.382 e. The van der Waals surface area contributed by atoms with Crippen molar-refractivity contribution in [3.8, 4) is 0 Å². The van der Waals surface area contributed by atoms with E-state index in [1.807, 2.05) is 23.1 Å². The Kier molecular flexibility index (Phi) is 25.0. The van der Waals surface area contributed by atoms with Gasteiger partial charge in [-0.15, -0.1) is 0 Å². The number of ether oxygens (including phenoxy) is 8. The van der Waals surface area contributed by atoms with Gasteiger partial charge in [0, 0.05) is 77.1 Å². The summed E-state index contributed by atoms with van der Waals surface area (Å²) < 4.78 is 46.1. The van der Waals surface area contributed by atoms with Gasteiger partial charge >= 0.3 is 0 Å². The van der Waals surface area contributed by atoms with Gasteiger partial charge in [0.1, 0.15) is 11.3 Å². The lowest BCUT2D eigenvalue weighted by atomic mass is 10.2. The average molecular weight is 846 g/mol. The zero-order chi connectivity index (χ0) is 42.5.